The summed E-state index contributed by atoms with van der Waals surface area (Å²) in [5.74, 6) is -0.286. The van der Waals surface area contributed by atoms with Crippen LogP contribution < -0.4 is 11.1 Å². The van der Waals surface area contributed by atoms with Crippen molar-refractivity contribution in [2.75, 3.05) is 27.2 Å². The Morgan fingerprint density at radius 1 is 1.69 bits per heavy atom. The molecule has 1 heterocycles. The first-order valence-electron chi connectivity index (χ1n) is 5.84. The maximum atomic E-state index is 11.0. The predicted molar refractivity (Wildman–Crippen MR) is 63.1 cm³/mol. The van der Waals surface area contributed by atoms with E-state index in [1.165, 1.54) is 0 Å². The molecule has 3 N–H and O–H groups in total. The van der Waals surface area contributed by atoms with Gasteiger partial charge in [0.25, 0.3) is 0 Å². The van der Waals surface area contributed by atoms with Gasteiger partial charge >= 0.3 is 0 Å². The van der Waals surface area contributed by atoms with Gasteiger partial charge in [-0.1, -0.05) is 0 Å². The van der Waals surface area contributed by atoms with E-state index in [0.717, 1.165) is 26.0 Å². The van der Waals surface area contributed by atoms with Crippen LogP contribution >= 0.6 is 0 Å². The van der Waals surface area contributed by atoms with E-state index < -0.39 is 0 Å². The molecule has 16 heavy (non-hydrogen) atoms. The van der Waals surface area contributed by atoms with Gasteiger partial charge in [-0.2, -0.15) is 0 Å². The van der Waals surface area contributed by atoms with Gasteiger partial charge in [-0.05, 0) is 33.9 Å². The Balaban J connectivity index is 2.33. The summed E-state index contributed by atoms with van der Waals surface area (Å²) in [6.45, 7) is 3.78. The third-order valence-electron chi connectivity index (χ3n) is 3.36. The molecule has 0 radical (unpaired) electrons. The largest absolute Gasteiger partial charge is 0.377 e. The van der Waals surface area contributed by atoms with Crippen molar-refractivity contribution in [1.82, 2.24) is 10.2 Å². The highest BCUT2D eigenvalue weighted by Gasteiger charge is 2.28. The number of hydrogen-bond acceptors (Lipinski definition) is 4. The van der Waals surface area contributed by atoms with Crippen LogP contribution in [0.5, 0.6) is 0 Å². The molecule has 0 aromatic rings. The highest BCUT2D eigenvalue weighted by atomic mass is 16.5. The number of nitrogens with one attached hydrogen (secondary N) is 1. The topological polar surface area (TPSA) is 67.6 Å². The summed E-state index contributed by atoms with van der Waals surface area (Å²) >= 11 is 0. The zero-order valence-electron chi connectivity index (χ0n) is 10.4. The van der Waals surface area contributed by atoms with Crippen molar-refractivity contribution in [2.45, 2.75) is 38.0 Å². The molecule has 1 fully saturated rings. The number of ether oxygens (including phenoxy) is 1. The molecule has 0 saturated carbocycles. The Labute approximate surface area is 97.3 Å². The first-order valence-corrected chi connectivity index (χ1v) is 5.84. The molecule has 3 atom stereocenters. The minimum Gasteiger partial charge on any atom is -0.377 e. The van der Waals surface area contributed by atoms with Crippen molar-refractivity contribution >= 4 is 5.91 Å². The van der Waals surface area contributed by atoms with E-state index in [1.807, 2.05) is 0 Å². The van der Waals surface area contributed by atoms with E-state index in [4.69, 9.17) is 10.5 Å². The van der Waals surface area contributed by atoms with Crippen LogP contribution in [0.1, 0.15) is 19.8 Å². The summed E-state index contributed by atoms with van der Waals surface area (Å²) in [7, 11) is 3.83. The number of hydrogen-bond donors (Lipinski definition) is 2. The van der Waals surface area contributed by atoms with Crippen LogP contribution in [0.4, 0.5) is 0 Å². The van der Waals surface area contributed by atoms with E-state index in [-0.39, 0.29) is 18.1 Å². The second-order valence-corrected chi connectivity index (χ2v) is 4.44. The highest BCUT2D eigenvalue weighted by Crippen LogP contribution is 2.18. The lowest BCUT2D eigenvalue weighted by atomic mass is 10.1. The molecule has 0 aliphatic carbocycles. The fourth-order valence-corrected chi connectivity index (χ4v) is 2.23. The standard InChI is InChI=1S/C11H23N3O2/c1-8-10(5-7-16-8)14(3)6-4-9(13-2)11(12)15/h8-10,13H,4-7H2,1-3H3,(H2,12,15). The molecule has 0 aromatic heterocycles. The van der Waals surface area contributed by atoms with Crippen LogP contribution in [-0.4, -0.2) is 56.2 Å². The first kappa shape index (κ1) is 13.4. The molecule has 1 rings (SSSR count). The van der Waals surface area contributed by atoms with E-state index in [1.54, 1.807) is 7.05 Å². The molecule has 0 aromatic carbocycles. The number of primary amides is 1. The predicted octanol–water partition coefficient (Wildman–Crippen LogP) is -0.441. The number of amides is 1. The van der Waals surface area contributed by atoms with Crippen molar-refractivity contribution in [2.24, 2.45) is 5.73 Å². The normalized spacial score (nSPS) is 27.2. The zero-order valence-corrected chi connectivity index (χ0v) is 10.4. The monoisotopic (exact) mass is 229 g/mol. The fourth-order valence-electron chi connectivity index (χ4n) is 2.23. The Hall–Kier alpha value is -0.650. The third-order valence-corrected chi connectivity index (χ3v) is 3.36. The van der Waals surface area contributed by atoms with Gasteiger partial charge < -0.3 is 20.7 Å². The summed E-state index contributed by atoms with van der Waals surface area (Å²) in [6.07, 6.45) is 2.09. The minimum absolute atomic E-state index is 0.236. The molecular formula is C11H23N3O2. The summed E-state index contributed by atoms with van der Waals surface area (Å²) < 4.78 is 5.52. The van der Waals surface area contributed by atoms with Crippen LogP contribution in [-0.2, 0) is 9.53 Å². The van der Waals surface area contributed by atoms with Crippen LogP contribution in [0.2, 0.25) is 0 Å². The van der Waals surface area contributed by atoms with Gasteiger partial charge in [0.15, 0.2) is 0 Å². The van der Waals surface area contributed by atoms with E-state index >= 15 is 0 Å². The quantitative estimate of drug-likeness (QED) is 0.648. The summed E-state index contributed by atoms with van der Waals surface area (Å²) in [5, 5.41) is 2.93. The lowest BCUT2D eigenvalue weighted by Gasteiger charge is -2.27. The second-order valence-electron chi connectivity index (χ2n) is 4.44. The van der Waals surface area contributed by atoms with Crippen LogP contribution in [0, 0.1) is 0 Å². The van der Waals surface area contributed by atoms with Gasteiger partial charge in [-0.15, -0.1) is 0 Å². The Morgan fingerprint density at radius 2 is 2.38 bits per heavy atom. The molecular weight excluding hydrogens is 206 g/mol. The van der Waals surface area contributed by atoms with E-state index in [2.05, 4.69) is 24.2 Å². The molecule has 0 spiro atoms. The Morgan fingerprint density at radius 3 is 2.81 bits per heavy atom. The van der Waals surface area contributed by atoms with Gasteiger partial charge in [-0.25, -0.2) is 0 Å². The fraction of sp³-hybridized carbons (Fsp3) is 0.909. The first-order chi connectivity index (χ1) is 7.56. The van der Waals surface area contributed by atoms with Gasteiger partial charge in [0.05, 0.1) is 12.1 Å². The van der Waals surface area contributed by atoms with Gasteiger partial charge in [-0.3, -0.25) is 4.79 Å². The lowest BCUT2D eigenvalue weighted by Crippen LogP contribution is -2.44. The highest BCUT2D eigenvalue weighted by molar-refractivity contribution is 5.79. The molecule has 0 bridgehead atoms. The SMILES string of the molecule is CNC(CCN(C)C1CCOC1C)C(N)=O. The average Bonchev–Trinajstić information content (AvgIpc) is 2.64. The van der Waals surface area contributed by atoms with Crippen LogP contribution in [0.25, 0.3) is 0 Å². The number of nitrogens with two attached hydrogens (primary N) is 1. The van der Waals surface area contributed by atoms with Crippen molar-refractivity contribution in [1.29, 1.82) is 0 Å². The number of carbonyl (C=O) groups excluding carboxylic acids is 1. The molecule has 1 amide bonds. The van der Waals surface area contributed by atoms with Crippen molar-refractivity contribution < 1.29 is 9.53 Å². The zero-order chi connectivity index (χ0) is 12.1. The minimum atomic E-state index is -0.286. The maximum Gasteiger partial charge on any atom is 0.234 e. The van der Waals surface area contributed by atoms with Crippen molar-refractivity contribution in [3.05, 3.63) is 0 Å². The maximum absolute atomic E-state index is 11.0. The summed E-state index contributed by atoms with van der Waals surface area (Å²) in [6, 6.07) is 0.227. The molecule has 3 unspecified atom stereocenters. The summed E-state index contributed by atoms with van der Waals surface area (Å²) in [4.78, 5) is 13.3. The molecule has 5 heteroatoms. The van der Waals surface area contributed by atoms with E-state index in [9.17, 15) is 4.79 Å². The third kappa shape index (κ3) is 3.43. The molecule has 5 nitrogen and oxygen atoms in total. The number of carbonyl (C=O) groups is 1. The molecule has 1 aliphatic heterocycles. The number of likely N-dealkylation sites (N-methyl/N-ethyl adjacent to an activating group) is 2. The van der Waals surface area contributed by atoms with Crippen molar-refractivity contribution in [3.63, 3.8) is 0 Å². The smallest absolute Gasteiger partial charge is 0.234 e. The summed E-state index contributed by atoms with van der Waals surface area (Å²) in [5.41, 5.74) is 5.27. The van der Waals surface area contributed by atoms with Gasteiger partial charge in [0, 0.05) is 19.2 Å². The average molecular weight is 229 g/mol. The van der Waals surface area contributed by atoms with E-state index in [0.29, 0.717) is 6.04 Å². The van der Waals surface area contributed by atoms with Crippen LogP contribution in [0.3, 0.4) is 0 Å². The number of rotatable bonds is 6. The van der Waals surface area contributed by atoms with Gasteiger partial charge in [0.1, 0.15) is 0 Å². The van der Waals surface area contributed by atoms with Gasteiger partial charge in [0.2, 0.25) is 5.91 Å². The lowest BCUT2D eigenvalue weighted by molar-refractivity contribution is -0.120. The second kappa shape index (κ2) is 6.18. The Kier molecular flexibility index (Phi) is 5.18. The molecule has 1 aliphatic rings. The molecule has 94 valence electrons. The number of nitrogens with zero attached hydrogens (tertiary/aromatic N) is 1. The van der Waals surface area contributed by atoms with Crippen molar-refractivity contribution in [3.8, 4) is 0 Å². The Bertz CT molecular complexity index is 235. The molecule has 1 saturated heterocycles. The van der Waals surface area contributed by atoms with Crippen LogP contribution in [0.15, 0.2) is 0 Å².